The van der Waals surface area contributed by atoms with Crippen LogP contribution < -0.4 is 5.32 Å². The van der Waals surface area contributed by atoms with Gasteiger partial charge in [0, 0.05) is 6.42 Å². The number of rotatable bonds is 5. The summed E-state index contributed by atoms with van der Waals surface area (Å²) in [6, 6.07) is 9.80. The lowest BCUT2D eigenvalue weighted by molar-refractivity contribution is -0.121. The molecule has 0 aliphatic heterocycles. The normalized spacial score (nSPS) is 12.1. The van der Waals surface area contributed by atoms with E-state index in [1.54, 1.807) is 6.07 Å². The third kappa shape index (κ3) is 4.75. The largest absolute Gasteiger partial charge is 0.350 e. The Balaban J connectivity index is 1.96. The van der Waals surface area contributed by atoms with E-state index in [1.807, 2.05) is 19.1 Å². The molecule has 2 rings (SSSR count). The molecule has 2 nitrogen and oxygen atoms in total. The highest BCUT2D eigenvalue weighted by atomic mass is 35.5. The quantitative estimate of drug-likeness (QED) is 0.721. The van der Waals surface area contributed by atoms with E-state index in [0.717, 1.165) is 5.56 Å². The molecule has 24 heavy (non-hydrogen) atoms. The molecule has 2 aromatic carbocycles. The van der Waals surface area contributed by atoms with Crippen molar-refractivity contribution in [1.29, 1.82) is 0 Å². The van der Waals surface area contributed by atoms with Gasteiger partial charge in [0.1, 0.15) is 0 Å². The number of hydrogen-bond acceptors (Lipinski definition) is 1. The summed E-state index contributed by atoms with van der Waals surface area (Å²) in [6.07, 6.45) is 1.06. The summed E-state index contributed by atoms with van der Waals surface area (Å²) in [5, 5.41) is 4.14. The van der Waals surface area contributed by atoms with E-state index in [-0.39, 0.29) is 11.9 Å². The Morgan fingerprint density at radius 1 is 1.00 bits per heavy atom. The maximum Gasteiger partial charge on any atom is 0.220 e. The lowest BCUT2D eigenvalue weighted by Gasteiger charge is -2.18. The van der Waals surface area contributed by atoms with Crippen molar-refractivity contribution in [2.24, 2.45) is 0 Å². The van der Waals surface area contributed by atoms with Crippen LogP contribution >= 0.6 is 23.2 Å². The average molecular weight is 364 g/mol. The maximum atomic E-state index is 12.2. The molecule has 1 N–H and O–H groups in total. The summed E-state index contributed by atoms with van der Waals surface area (Å²) < 4.78 is 0. The zero-order valence-electron chi connectivity index (χ0n) is 14.5. The Labute approximate surface area is 154 Å². The fourth-order valence-corrected chi connectivity index (χ4v) is 3.11. The van der Waals surface area contributed by atoms with Crippen molar-refractivity contribution in [2.45, 2.75) is 46.6 Å². The van der Waals surface area contributed by atoms with Crippen LogP contribution in [0.3, 0.4) is 0 Å². The highest BCUT2D eigenvalue weighted by molar-refractivity contribution is 6.42. The number of carbonyl (C=O) groups excluding carboxylic acids is 1. The van der Waals surface area contributed by atoms with Crippen LogP contribution in [0.5, 0.6) is 0 Å². The number of nitrogens with one attached hydrogen (secondary N) is 1. The molecule has 0 aliphatic carbocycles. The van der Waals surface area contributed by atoms with Gasteiger partial charge in [-0.05, 0) is 74.1 Å². The molecule has 0 spiro atoms. The van der Waals surface area contributed by atoms with E-state index >= 15 is 0 Å². The van der Waals surface area contributed by atoms with E-state index < -0.39 is 0 Å². The van der Waals surface area contributed by atoms with Crippen molar-refractivity contribution in [3.63, 3.8) is 0 Å². The maximum absolute atomic E-state index is 12.2. The van der Waals surface area contributed by atoms with E-state index in [9.17, 15) is 4.79 Å². The van der Waals surface area contributed by atoms with Crippen molar-refractivity contribution in [3.8, 4) is 0 Å². The minimum atomic E-state index is -0.00870. The molecule has 128 valence electrons. The first-order valence-corrected chi connectivity index (χ1v) is 8.84. The van der Waals surface area contributed by atoms with E-state index in [2.05, 4.69) is 38.2 Å². The molecule has 0 radical (unpaired) electrons. The molecule has 1 amide bonds. The van der Waals surface area contributed by atoms with Crippen molar-refractivity contribution in [2.75, 3.05) is 0 Å². The Hall–Kier alpha value is -1.51. The number of halogens is 2. The second-order valence-electron chi connectivity index (χ2n) is 6.33. The summed E-state index contributed by atoms with van der Waals surface area (Å²) in [5.41, 5.74) is 5.90. The topological polar surface area (TPSA) is 29.1 Å². The molecule has 0 bridgehead atoms. The lowest BCUT2D eigenvalue weighted by atomic mass is 9.96. The number of amides is 1. The molecule has 0 aromatic heterocycles. The van der Waals surface area contributed by atoms with Crippen LogP contribution in [0.1, 0.15) is 47.2 Å². The molecule has 0 fully saturated rings. The van der Waals surface area contributed by atoms with Gasteiger partial charge in [0.25, 0.3) is 0 Å². The van der Waals surface area contributed by atoms with Crippen LogP contribution in [0.4, 0.5) is 0 Å². The third-order valence-corrected chi connectivity index (χ3v) is 5.09. The van der Waals surface area contributed by atoms with E-state index in [0.29, 0.717) is 22.9 Å². The zero-order valence-corrected chi connectivity index (χ0v) is 16.1. The summed E-state index contributed by atoms with van der Waals surface area (Å²) in [7, 11) is 0. The van der Waals surface area contributed by atoms with Crippen molar-refractivity contribution in [1.82, 2.24) is 5.32 Å². The van der Waals surface area contributed by atoms with Gasteiger partial charge in [0.05, 0.1) is 16.1 Å². The van der Waals surface area contributed by atoms with Gasteiger partial charge >= 0.3 is 0 Å². The van der Waals surface area contributed by atoms with Gasteiger partial charge in [-0.25, -0.2) is 0 Å². The van der Waals surface area contributed by atoms with Crippen LogP contribution in [0, 0.1) is 20.8 Å². The SMILES string of the molecule is Cc1cc(C)c([C@@H](C)NC(=O)CCc2ccc(Cl)c(Cl)c2)cc1C. The van der Waals surface area contributed by atoms with E-state index in [4.69, 9.17) is 23.2 Å². The monoisotopic (exact) mass is 363 g/mol. The van der Waals surface area contributed by atoms with Crippen LogP contribution in [0.2, 0.25) is 10.0 Å². The van der Waals surface area contributed by atoms with Crippen molar-refractivity contribution < 1.29 is 4.79 Å². The van der Waals surface area contributed by atoms with E-state index in [1.165, 1.54) is 22.3 Å². The van der Waals surface area contributed by atoms with Crippen molar-refractivity contribution in [3.05, 3.63) is 68.2 Å². The molecule has 2 aromatic rings. The molecular weight excluding hydrogens is 341 g/mol. The predicted octanol–water partition coefficient (Wildman–Crippen LogP) is 5.73. The molecular formula is C20H23Cl2NO. The summed E-state index contributed by atoms with van der Waals surface area (Å²) in [4.78, 5) is 12.2. The van der Waals surface area contributed by atoms with Gasteiger partial charge in [-0.1, -0.05) is 41.4 Å². The highest BCUT2D eigenvalue weighted by Gasteiger charge is 2.13. The molecule has 0 unspecified atom stereocenters. The number of benzene rings is 2. The molecule has 0 heterocycles. The molecule has 0 saturated carbocycles. The van der Waals surface area contributed by atoms with Gasteiger partial charge < -0.3 is 5.32 Å². The van der Waals surface area contributed by atoms with Gasteiger partial charge in [0.15, 0.2) is 0 Å². The predicted molar refractivity (Wildman–Crippen MR) is 102 cm³/mol. The van der Waals surface area contributed by atoms with Crippen LogP contribution in [0.25, 0.3) is 0 Å². The van der Waals surface area contributed by atoms with Crippen LogP contribution in [-0.4, -0.2) is 5.91 Å². The van der Waals surface area contributed by atoms with Gasteiger partial charge in [-0.3, -0.25) is 4.79 Å². The molecule has 0 saturated heterocycles. The molecule has 1 atom stereocenters. The summed E-state index contributed by atoms with van der Waals surface area (Å²) >= 11 is 11.9. The third-order valence-electron chi connectivity index (χ3n) is 4.35. The lowest BCUT2D eigenvalue weighted by Crippen LogP contribution is -2.27. The minimum Gasteiger partial charge on any atom is -0.350 e. The van der Waals surface area contributed by atoms with Gasteiger partial charge in [-0.15, -0.1) is 0 Å². The standard InChI is InChI=1S/C20H23Cl2NO/c1-12-9-14(3)17(10-13(12)2)15(4)23-20(24)8-6-16-5-7-18(21)19(22)11-16/h5,7,9-11,15H,6,8H2,1-4H3,(H,23,24)/t15-/m1/s1. The smallest absolute Gasteiger partial charge is 0.220 e. The first-order chi connectivity index (χ1) is 11.3. The van der Waals surface area contributed by atoms with Gasteiger partial charge in [-0.2, -0.15) is 0 Å². The van der Waals surface area contributed by atoms with Crippen molar-refractivity contribution >= 4 is 29.1 Å². The first-order valence-electron chi connectivity index (χ1n) is 8.09. The van der Waals surface area contributed by atoms with Gasteiger partial charge in [0.2, 0.25) is 5.91 Å². The van der Waals surface area contributed by atoms with Crippen LogP contribution in [0.15, 0.2) is 30.3 Å². The first kappa shape index (κ1) is 18.8. The number of carbonyl (C=O) groups is 1. The number of aryl methyl sites for hydroxylation is 4. The minimum absolute atomic E-state index is 0.00870. The second-order valence-corrected chi connectivity index (χ2v) is 7.15. The highest BCUT2D eigenvalue weighted by Crippen LogP contribution is 2.24. The van der Waals surface area contributed by atoms with Crippen LogP contribution in [-0.2, 0) is 11.2 Å². The molecule has 0 aliphatic rings. The Kier molecular flexibility index (Phi) is 6.31. The summed E-state index contributed by atoms with van der Waals surface area (Å²) in [5.74, 6) is 0.0335. The Morgan fingerprint density at radius 2 is 1.67 bits per heavy atom. The zero-order chi connectivity index (χ0) is 17.9. The average Bonchev–Trinajstić information content (AvgIpc) is 2.52. The fourth-order valence-electron chi connectivity index (χ4n) is 2.79. The summed E-state index contributed by atoms with van der Waals surface area (Å²) in [6.45, 7) is 8.30. The fraction of sp³-hybridized carbons (Fsp3) is 0.350. The second kappa shape index (κ2) is 8.04. The molecule has 4 heteroatoms. The Bertz CT molecular complexity index is 756. The number of hydrogen-bond donors (Lipinski definition) is 1. The Morgan fingerprint density at radius 3 is 2.33 bits per heavy atom.